The normalized spacial score (nSPS) is 17.2. The predicted molar refractivity (Wildman–Crippen MR) is 189 cm³/mol. The Morgan fingerprint density at radius 1 is 0.941 bits per heavy atom. The largest absolute Gasteiger partial charge is 0.452 e. The van der Waals surface area contributed by atoms with Gasteiger partial charge >= 0.3 is 6.18 Å². The van der Waals surface area contributed by atoms with Crippen molar-refractivity contribution >= 4 is 56.2 Å². The van der Waals surface area contributed by atoms with Gasteiger partial charge in [-0.1, -0.05) is 40.5 Å². The molecule has 0 N–H and O–H groups in total. The molecule has 2 aromatic heterocycles. The average molecular weight is 788 g/mol. The molecule has 2 aliphatic rings. The highest BCUT2D eigenvalue weighted by molar-refractivity contribution is 7.91. The standard InChI is InChI=1S/C35H36Cl2F4N4O4S2/c36-28-7-6-27(21-29(28)37)45(15-1-14-43-16-10-24(11-17-43)20-23-2-4-26(38)5-3-23)34(46)25-12-18-44(19-13-25)51(47,48)33-9-8-31(50-33)30-22-32(49-42-30)35(39,40)41/h2-9,21-22,24-25H,1,10-20H2. The quantitative estimate of drug-likeness (QED) is 0.142. The molecule has 8 nitrogen and oxygen atoms in total. The molecule has 2 fully saturated rings. The van der Waals surface area contributed by atoms with E-state index in [2.05, 4.69) is 14.6 Å². The highest BCUT2D eigenvalue weighted by Gasteiger charge is 2.38. The molecule has 0 saturated carbocycles. The summed E-state index contributed by atoms with van der Waals surface area (Å²) in [7, 11) is -3.96. The van der Waals surface area contributed by atoms with Crippen LogP contribution in [0.4, 0.5) is 23.2 Å². The van der Waals surface area contributed by atoms with E-state index in [-0.39, 0.29) is 39.6 Å². The summed E-state index contributed by atoms with van der Waals surface area (Å²) in [5.41, 5.74) is 1.66. The van der Waals surface area contributed by atoms with Crippen LogP contribution in [0, 0.1) is 17.7 Å². The molecule has 16 heteroatoms. The van der Waals surface area contributed by atoms with Crippen LogP contribution in [0.5, 0.6) is 0 Å². The lowest BCUT2D eigenvalue weighted by Gasteiger charge is -2.35. The summed E-state index contributed by atoms with van der Waals surface area (Å²) in [5.74, 6) is -1.50. The van der Waals surface area contributed by atoms with Crippen LogP contribution in [0.15, 0.2) is 69.4 Å². The van der Waals surface area contributed by atoms with E-state index in [0.717, 1.165) is 68.3 Å². The fourth-order valence-corrected chi connectivity index (χ4v) is 9.83. The van der Waals surface area contributed by atoms with Crippen LogP contribution in [0.3, 0.4) is 0 Å². The van der Waals surface area contributed by atoms with Crippen molar-refractivity contribution in [2.24, 2.45) is 11.8 Å². The number of hydrogen-bond donors (Lipinski definition) is 0. The number of anilines is 1. The van der Waals surface area contributed by atoms with Gasteiger partial charge in [0.05, 0.1) is 14.9 Å². The number of piperidine rings is 2. The Hall–Kier alpha value is -3.01. The smallest absolute Gasteiger partial charge is 0.351 e. The molecule has 2 aliphatic heterocycles. The van der Waals surface area contributed by atoms with Crippen molar-refractivity contribution < 1.29 is 35.3 Å². The molecule has 2 saturated heterocycles. The summed E-state index contributed by atoms with van der Waals surface area (Å²) in [4.78, 5) is 18.4. The van der Waals surface area contributed by atoms with Crippen molar-refractivity contribution in [3.8, 4) is 10.6 Å². The Balaban J connectivity index is 1.05. The van der Waals surface area contributed by atoms with Crippen LogP contribution >= 0.6 is 34.5 Å². The first kappa shape index (κ1) is 37.7. The van der Waals surface area contributed by atoms with Gasteiger partial charge in [0.1, 0.15) is 15.7 Å². The van der Waals surface area contributed by atoms with Crippen LogP contribution in [-0.4, -0.2) is 68.0 Å². The summed E-state index contributed by atoms with van der Waals surface area (Å²) in [6.45, 7) is 3.35. The van der Waals surface area contributed by atoms with E-state index in [1.807, 2.05) is 12.1 Å². The summed E-state index contributed by atoms with van der Waals surface area (Å²) >= 11 is 13.3. The maximum atomic E-state index is 14.0. The van der Waals surface area contributed by atoms with Crippen LogP contribution in [0.1, 0.15) is 43.4 Å². The van der Waals surface area contributed by atoms with Crippen molar-refractivity contribution in [2.45, 2.75) is 48.9 Å². The van der Waals surface area contributed by atoms with Crippen LogP contribution in [0.25, 0.3) is 10.6 Å². The van der Waals surface area contributed by atoms with Gasteiger partial charge in [0, 0.05) is 37.3 Å². The van der Waals surface area contributed by atoms with Gasteiger partial charge in [-0.25, -0.2) is 12.8 Å². The molecule has 1 amide bonds. The fourth-order valence-electron chi connectivity index (χ4n) is 6.65. The van der Waals surface area contributed by atoms with Crippen molar-refractivity contribution in [1.82, 2.24) is 14.4 Å². The third-order valence-corrected chi connectivity index (χ3v) is 13.7. The predicted octanol–water partition coefficient (Wildman–Crippen LogP) is 8.65. The molecule has 274 valence electrons. The van der Waals surface area contributed by atoms with E-state index in [0.29, 0.717) is 41.0 Å². The number of carbonyl (C=O) groups excluding carboxylic acids is 1. The summed E-state index contributed by atoms with van der Waals surface area (Å²) in [6.07, 6.45) is -0.377. The molecule has 0 radical (unpaired) electrons. The van der Waals surface area contributed by atoms with E-state index >= 15 is 0 Å². The zero-order valence-electron chi connectivity index (χ0n) is 27.4. The van der Waals surface area contributed by atoms with E-state index in [1.54, 1.807) is 23.1 Å². The number of aromatic nitrogens is 1. The van der Waals surface area contributed by atoms with Gasteiger partial charge in [-0.15, -0.1) is 11.3 Å². The topological polar surface area (TPSA) is 87.0 Å². The molecular formula is C35H36Cl2F4N4O4S2. The summed E-state index contributed by atoms with van der Waals surface area (Å²) in [5, 5.41) is 4.14. The Labute approximate surface area is 308 Å². The molecule has 0 bridgehead atoms. The number of hydrogen-bond acceptors (Lipinski definition) is 7. The lowest BCUT2D eigenvalue weighted by molar-refractivity contribution is -0.155. The Morgan fingerprint density at radius 2 is 1.65 bits per heavy atom. The number of nitrogens with zero attached hydrogens (tertiary/aromatic N) is 4. The second-order valence-electron chi connectivity index (χ2n) is 12.9. The molecule has 6 rings (SSSR count). The molecule has 4 heterocycles. The number of amides is 1. The lowest BCUT2D eigenvalue weighted by Crippen LogP contribution is -2.45. The van der Waals surface area contributed by atoms with E-state index in [1.165, 1.54) is 28.6 Å². The summed E-state index contributed by atoms with van der Waals surface area (Å²) < 4.78 is 84.8. The van der Waals surface area contributed by atoms with Gasteiger partial charge in [-0.2, -0.15) is 17.5 Å². The van der Waals surface area contributed by atoms with E-state index in [9.17, 15) is 30.8 Å². The molecule has 51 heavy (non-hydrogen) atoms. The number of carbonyl (C=O) groups is 1. The first-order valence-electron chi connectivity index (χ1n) is 16.7. The SMILES string of the molecule is O=C(C1CCN(S(=O)(=O)c2ccc(-c3cc(C(F)(F)F)on3)s2)CC1)N(CCCN1CCC(Cc2ccc(F)cc2)CC1)c1ccc(Cl)c(Cl)c1. The summed E-state index contributed by atoms with van der Waals surface area (Å²) in [6, 6.07) is 15.3. The molecule has 0 unspecified atom stereocenters. The molecule has 0 spiro atoms. The second-order valence-corrected chi connectivity index (χ2v) is 17.0. The molecule has 4 aromatic rings. The van der Waals surface area contributed by atoms with Gasteiger partial charge in [-0.05, 0) is 112 Å². The van der Waals surface area contributed by atoms with E-state index < -0.39 is 27.9 Å². The minimum absolute atomic E-state index is 0.0317. The zero-order valence-corrected chi connectivity index (χ0v) is 30.6. The van der Waals surface area contributed by atoms with Crippen molar-refractivity contribution in [1.29, 1.82) is 0 Å². The van der Waals surface area contributed by atoms with Crippen molar-refractivity contribution in [3.05, 3.63) is 87.8 Å². The number of halogens is 6. The molecule has 0 aliphatic carbocycles. The highest BCUT2D eigenvalue weighted by Crippen LogP contribution is 2.37. The average Bonchev–Trinajstić information content (AvgIpc) is 3.81. The minimum Gasteiger partial charge on any atom is -0.351 e. The van der Waals surface area contributed by atoms with Gasteiger partial charge in [-0.3, -0.25) is 4.79 Å². The number of rotatable bonds is 11. The van der Waals surface area contributed by atoms with Crippen LogP contribution < -0.4 is 4.90 Å². The zero-order chi connectivity index (χ0) is 36.3. The third kappa shape index (κ3) is 9.14. The lowest BCUT2D eigenvalue weighted by atomic mass is 9.90. The molecule has 0 atom stereocenters. The van der Waals surface area contributed by atoms with Gasteiger partial charge in [0.15, 0.2) is 0 Å². The highest BCUT2D eigenvalue weighted by atomic mass is 35.5. The third-order valence-electron chi connectivity index (χ3n) is 9.50. The maximum absolute atomic E-state index is 14.0. The number of alkyl halides is 3. The minimum atomic E-state index is -4.71. The first-order valence-corrected chi connectivity index (χ1v) is 19.7. The van der Waals surface area contributed by atoms with Gasteiger partial charge < -0.3 is 14.3 Å². The maximum Gasteiger partial charge on any atom is 0.452 e. The molecular weight excluding hydrogens is 751 g/mol. The van der Waals surface area contributed by atoms with Crippen LogP contribution in [-0.2, 0) is 27.4 Å². The van der Waals surface area contributed by atoms with Gasteiger partial charge in [0.2, 0.25) is 11.7 Å². The number of thiophene rings is 1. The van der Waals surface area contributed by atoms with Crippen molar-refractivity contribution in [2.75, 3.05) is 44.2 Å². The van der Waals surface area contributed by atoms with Crippen molar-refractivity contribution in [3.63, 3.8) is 0 Å². The number of sulfonamides is 1. The molecule has 2 aromatic carbocycles. The van der Waals surface area contributed by atoms with E-state index in [4.69, 9.17) is 23.2 Å². The Kier molecular flexibility index (Phi) is 11.8. The second kappa shape index (κ2) is 15.9. The fraction of sp³-hybridized carbons (Fsp3) is 0.429. The Bertz CT molecular complexity index is 1920. The number of likely N-dealkylation sites (tertiary alicyclic amines) is 1. The monoisotopic (exact) mass is 786 g/mol. The van der Waals surface area contributed by atoms with Gasteiger partial charge in [0.25, 0.3) is 10.0 Å². The van der Waals surface area contributed by atoms with Crippen LogP contribution in [0.2, 0.25) is 10.0 Å². The number of benzene rings is 2. The Morgan fingerprint density at radius 3 is 2.29 bits per heavy atom. The first-order chi connectivity index (χ1) is 24.3.